The molecule has 4 nitrogen and oxygen atoms in total. The van der Waals surface area contributed by atoms with E-state index in [1.54, 1.807) is 0 Å². The van der Waals surface area contributed by atoms with E-state index >= 15 is 0 Å². The van der Waals surface area contributed by atoms with Gasteiger partial charge in [0.1, 0.15) is 11.5 Å². The molecule has 0 fully saturated rings. The van der Waals surface area contributed by atoms with Crippen molar-refractivity contribution in [1.82, 2.24) is 0 Å². The lowest BCUT2D eigenvalue weighted by Crippen LogP contribution is -2.20. The first-order chi connectivity index (χ1) is 14.8. The third kappa shape index (κ3) is 5.39. The average molecular weight is 397 g/mol. The fourth-order valence-corrected chi connectivity index (χ4v) is 3.20. The van der Waals surface area contributed by atoms with Crippen LogP contribution in [0.1, 0.15) is 5.56 Å². The molecule has 0 bridgehead atoms. The summed E-state index contributed by atoms with van der Waals surface area (Å²) in [4.78, 5) is 12.3. The van der Waals surface area contributed by atoms with E-state index in [2.05, 4.69) is 17.4 Å². The summed E-state index contributed by atoms with van der Waals surface area (Å²) < 4.78 is 11.5. The lowest BCUT2D eigenvalue weighted by molar-refractivity contribution is -0.118. The van der Waals surface area contributed by atoms with Gasteiger partial charge >= 0.3 is 0 Å². The molecule has 0 spiro atoms. The molecule has 1 amide bonds. The van der Waals surface area contributed by atoms with Gasteiger partial charge in [0.2, 0.25) is 0 Å². The second-order valence-corrected chi connectivity index (χ2v) is 6.96. The molecule has 1 N–H and O–H groups in total. The molecule has 4 rings (SSSR count). The van der Waals surface area contributed by atoms with Crippen LogP contribution in [0.3, 0.4) is 0 Å². The number of carbonyl (C=O) groups is 1. The molecular formula is C26H23NO3. The molecule has 4 aromatic carbocycles. The van der Waals surface area contributed by atoms with Gasteiger partial charge in [-0.25, -0.2) is 0 Å². The Bertz CT molecular complexity index is 1130. The van der Waals surface area contributed by atoms with E-state index in [1.807, 2.05) is 84.9 Å². The highest BCUT2D eigenvalue weighted by molar-refractivity contribution is 5.92. The molecular weight excluding hydrogens is 374 g/mol. The van der Waals surface area contributed by atoms with E-state index in [4.69, 9.17) is 9.47 Å². The van der Waals surface area contributed by atoms with E-state index in [0.717, 1.165) is 22.9 Å². The van der Waals surface area contributed by atoms with E-state index in [1.165, 1.54) is 5.56 Å². The summed E-state index contributed by atoms with van der Waals surface area (Å²) in [5, 5.41) is 5.07. The van der Waals surface area contributed by atoms with E-state index in [9.17, 15) is 4.79 Å². The Morgan fingerprint density at radius 2 is 1.47 bits per heavy atom. The number of hydrogen-bond acceptors (Lipinski definition) is 3. The van der Waals surface area contributed by atoms with Crippen molar-refractivity contribution in [2.75, 3.05) is 18.5 Å². The van der Waals surface area contributed by atoms with Crippen molar-refractivity contribution in [3.05, 3.63) is 103 Å². The molecule has 0 saturated heterocycles. The number of amides is 1. The standard InChI is InChI=1S/C26H23NO3/c28-26(19-30-25-14-13-21-9-4-5-10-22(21)17-25)27-23-11-6-12-24(18-23)29-16-15-20-7-2-1-3-8-20/h1-14,17-18H,15-16,19H2,(H,27,28). The number of rotatable bonds is 8. The van der Waals surface area contributed by atoms with E-state index < -0.39 is 0 Å². The zero-order valence-corrected chi connectivity index (χ0v) is 16.6. The molecule has 30 heavy (non-hydrogen) atoms. The highest BCUT2D eigenvalue weighted by Gasteiger charge is 2.06. The van der Waals surface area contributed by atoms with Gasteiger partial charge in [-0.3, -0.25) is 4.79 Å². The van der Waals surface area contributed by atoms with Crippen molar-refractivity contribution >= 4 is 22.4 Å². The molecule has 0 atom stereocenters. The number of anilines is 1. The molecule has 0 aliphatic heterocycles. The van der Waals surface area contributed by atoms with Crippen molar-refractivity contribution < 1.29 is 14.3 Å². The average Bonchev–Trinajstić information content (AvgIpc) is 2.78. The van der Waals surface area contributed by atoms with Crippen LogP contribution >= 0.6 is 0 Å². The normalized spacial score (nSPS) is 10.5. The predicted molar refractivity (Wildman–Crippen MR) is 120 cm³/mol. The number of benzene rings is 4. The Hall–Kier alpha value is -3.79. The minimum Gasteiger partial charge on any atom is -0.493 e. The molecule has 0 aliphatic rings. The second-order valence-electron chi connectivity index (χ2n) is 6.96. The Morgan fingerprint density at radius 3 is 2.33 bits per heavy atom. The van der Waals surface area contributed by atoms with Gasteiger partial charge in [0, 0.05) is 18.2 Å². The molecule has 150 valence electrons. The first-order valence-corrected chi connectivity index (χ1v) is 9.94. The fraction of sp³-hybridized carbons (Fsp3) is 0.115. The smallest absolute Gasteiger partial charge is 0.262 e. The Balaban J connectivity index is 1.28. The minimum atomic E-state index is -0.218. The zero-order chi connectivity index (χ0) is 20.6. The summed E-state index contributed by atoms with van der Waals surface area (Å²) >= 11 is 0. The van der Waals surface area contributed by atoms with Gasteiger partial charge in [-0.15, -0.1) is 0 Å². The quantitative estimate of drug-likeness (QED) is 0.428. The van der Waals surface area contributed by atoms with Crippen LogP contribution < -0.4 is 14.8 Å². The summed E-state index contributed by atoms with van der Waals surface area (Å²) in [5.74, 6) is 1.17. The summed E-state index contributed by atoms with van der Waals surface area (Å²) in [6, 6.07) is 31.4. The second kappa shape index (κ2) is 9.61. The molecule has 0 aromatic heterocycles. The van der Waals surface area contributed by atoms with E-state index in [0.29, 0.717) is 18.0 Å². The first-order valence-electron chi connectivity index (χ1n) is 9.94. The molecule has 4 aromatic rings. The number of fused-ring (bicyclic) bond motifs is 1. The zero-order valence-electron chi connectivity index (χ0n) is 16.6. The summed E-state index contributed by atoms with van der Waals surface area (Å²) in [7, 11) is 0. The van der Waals surface area contributed by atoms with Crippen LogP contribution in [0.25, 0.3) is 10.8 Å². The van der Waals surface area contributed by atoms with Crippen molar-refractivity contribution in [2.24, 2.45) is 0 Å². The topological polar surface area (TPSA) is 47.6 Å². The molecule has 0 heterocycles. The first kappa shape index (κ1) is 19.5. The Morgan fingerprint density at radius 1 is 0.700 bits per heavy atom. The summed E-state index contributed by atoms with van der Waals surface area (Å²) in [6.07, 6.45) is 0.830. The maximum atomic E-state index is 12.3. The van der Waals surface area contributed by atoms with Crippen molar-refractivity contribution in [1.29, 1.82) is 0 Å². The van der Waals surface area contributed by atoms with Crippen LogP contribution in [-0.4, -0.2) is 19.1 Å². The molecule has 0 saturated carbocycles. The maximum Gasteiger partial charge on any atom is 0.262 e. The van der Waals surface area contributed by atoms with Crippen LogP contribution in [0.15, 0.2) is 97.1 Å². The number of carbonyl (C=O) groups excluding carboxylic acids is 1. The van der Waals surface area contributed by atoms with Gasteiger partial charge in [-0.05, 0) is 40.6 Å². The van der Waals surface area contributed by atoms with Gasteiger partial charge in [0.05, 0.1) is 6.61 Å². The van der Waals surface area contributed by atoms with E-state index in [-0.39, 0.29) is 12.5 Å². The monoisotopic (exact) mass is 397 g/mol. The van der Waals surface area contributed by atoms with Crippen molar-refractivity contribution in [3.63, 3.8) is 0 Å². The summed E-state index contributed by atoms with van der Waals surface area (Å²) in [6.45, 7) is 0.518. The van der Waals surface area contributed by atoms with Gasteiger partial charge < -0.3 is 14.8 Å². The van der Waals surface area contributed by atoms with Gasteiger partial charge in [0.25, 0.3) is 5.91 Å². The highest BCUT2D eigenvalue weighted by atomic mass is 16.5. The third-order valence-electron chi connectivity index (χ3n) is 4.71. The highest BCUT2D eigenvalue weighted by Crippen LogP contribution is 2.21. The minimum absolute atomic E-state index is 0.0581. The molecule has 0 unspecified atom stereocenters. The van der Waals surface area contributed by atoms with Crippen LogP contribution in [0.5, 0.6) is 11.5 Å². The SMILES string of the molecule is O=C(COc1ccc2ccccc2c1)Nc1cccc(OCCc2ccccc2)c1. The third-order valence-corrected chi connectivity index (χ3v) is 4.71. The predicted octanol–water partition coefficient (Wildman–Crippen LogP) is 5.48. The molecule has 0 aliphatic carbocycles. The largest absolute Gasteiger partial charge is 0.493 e. The van der Waals surface area contributed by atoms with Gasteiger partial charge in [0.15, 0.2) is 6.61 Å². The Kier molecular flexibility index (Phi) is 6.25. The van der Waals surface area contributed by atoms with Gasteiger partial charge in [-0.2, -0.15) is 0 Å². The van der Waals surface area contributed by atoms with Crippen LogP contribution in [0.4, 0.5) is 5.69 Å². The molecule has 4 heteroatoms. The van der Waals surface area contributed by atoms with Crippen molar-refractivity contribution in [2.45, 2.75) is 6.42 Å². The van der Waals surface area contributed by atoms with Crippen LogP contribution in [0, 0.1) is 0 Å². The number of ether oxygens (including phenoxy) is 2. The maximum absolute atomic E-state index is 12.3. The fourth-order valence-electron chi connectivity index (χ4n) is 3.20. The lowest BCUT2D eigenvalue weighted by Gasteiger charge is -2.10. The lowest BCUT2D eigenvalue weighted by atomic mass is 10.1. The van der Waals surface area contributed by atoms with Crippen LogP contribution in [0.2, 0.25) is 0 Å². The Labute approximate surface area is 176 Å². The number of nitrogens with one attached hydrogen (secondary N) is 1. The van der Waals surface area contributed by atoms with Gasteiger partial charge in [-0.1, -0.05) is 66.7 Å². The number of hydrogen-bond donors (Lipinski definition) is 1. The summed E-state index contributed by atoms with van der Waals surface area (Å²) in [5.41, 5.74) is 1.91. The van der Waals surface area contributed by atoms with Crippen molar-refractivity contribution in [3.8, 4) is 11.5 Å². The molecule has 0 radical (unpaired) electrons. The van der Waals surface area contributed by atoms with Crippen LogP contribution in [-0.2, 0) is 11.2 Å².